The molecule has 1 heterocycles. The molecule has 3 rings (SSSR count). The second-order valence-corrected chi connectivity index (χ2v) is 9.16. The van der Waals surface area contributed by atoms with Crippen LogP contribution >= 0.6 is 0 Å². The molecule has 35 heavy (non-hydrogen) atoms. The second kappa shape index (κ2) is 12.3. The van der Waals surface area contributed by atoms with E-state index in [9.17, 15) is 19.2 Å². The van der Waals surface area contributed by atoms with Gasteiger partial charge >= 0.3 is 0 Å². The maximum atomic E-state index is 13.1. The fourth-order valence-electron chi connectivity index (χ4n) is 4.22. The number of carbonyl (C=O) groups is 4. The van der Waals surface area contributed by atoms with Crippen molar-refractivity contribution in [1.82, 2.24) is 20.9 Å². The molecular formula is C27H34N4O4. The Hall–Kier alpha value is -3.52. The molecule has 0 unspecified atom stereocenters. The van der Waals surface area contributed by atoms with E-state index in [2.05, 4.69) is 16.0 Å². The third-order valence-corrected chi connectivity index (χ3v) is 6.01. The lowest BCUT2D eigenvalue weighted by Gasteiger charge is -2.24. The minimum atomic E-state index is -0.690. The van der Waals surface area contributed by atoms with E-state index in [1.807, 2.05) is 44.2 Å². The predicted octanol–water partition coefficient (Wildman–Crippen LogP) is 2.15. The fraction of sp³-hybridized carbons (Fsp3) is 0.407. The maximum absolute atomic E-state index is 13.1. The van der Waals surface area contributed by atoms with Crippen LogP contribution in [0, 0.1) is 5.92 Å². The van der Waals surface area contributed by atoms with E-state index in [-0.39, 0.29) is 36.1 Å². The van der Waals surface area contributed by atoms with Crippen molar-refractivity contribution in [1.29, 1.82) is 0 Å². The second-order valence-electron chi connectivity index (χ2n) is 9.16. The van der Waals surface area contributed by atoms with Crippen LogP contribution in [0.5, 0.6) is 0 Å². The summed E-state index contributed by atoms with van der Waals surface area (Å²) in [6.07, 6.45) is 1.49. The van der Waals surface area contributed by atoms with Gasteiger partial charge in [0.15, 0.2) is 0 Å². The van der Waals surface area contributed by atoms with Gasteiger partial charge in [0, 0.05) is 20.0 Å². The number of imide groups is 1. The summed E-state index contributed by atoms with van der Waals surface area (Å²) in [5.41, 5.74) is 1.82. The number of carbonyl (C=O) groups excluding carboxylic acids is 4. The molecule has 8 nitrogen and oxygen atoms in total. The molecule has 0 spiro atoms. The molecule has 1 aliphatic rings. The van der Waals surface area contributed by atoms with Gasteiger partial charge in [0.05, 0.1) is 17.2 Å². The first-order valence-corrected chi connectivity index (χ1v) is 12.1. The van der Waals surface area contributed by atoms with Crippen LogP contribution in [0.15, 0.2) is 54.6 Å². The van der Waals surface area contributed by atoms with E-state index in [4.69, 9.17) is 0 Å². The van der Waals surface area contributed by atoms with Gasteiger partial charge in [-0.05, 0) is 43.0 Å². The van der Waals surface area contributed by atoms with Crippen molar-refractivity contribution in [3.05, 3.63) is 71.3 Å². The normalized spacial score (nSPS) is 14.6. The average molecular weight is 479 g/mol. The van der Waals surface area contributed by atoms with Crippen LogP contribution in [-0.4, -0.2) is 60.7 Å². The molecule has 0 saturated heterocycles. The summed E-state index contributed by atoms with van der Waals surface area (Å²) in [4.78, 5) is 51.9. The first-order chi connectivity index (χ1) is 16.8. The summed E-state index contributed by atoms with van der Waals surface area (Å²) in [5.74, 6) is -0.810. The Morgan fingerprint density at radius 1 is 0.857 bits per heavy atom. The van der Waals surface area contributed by atoms with Gasteiger partial charge in [0.1, 0.15) is 6.04 Å². The molecule has 8 heteroatoms. The molecule has 0 bridgehead atoms. The van der Waals surface area contributed by atoms with Crippen molar-refractivity contribution in [2.24, 2.45) is 5.92 Å². The van der Waals surface area contributed by atoms with Crippen molar-refractivity contribution >= 4 is 23.6 Å². The standard InChI is InChI=1S/C27H34N4O4/c1-18(2)16-22(25(33)30-23(24(32)28-3)17-19-10-5-4-6-11-19)29-14-9-15-31-26(34)20-12-7-8-13-21(20)27(31)35/h4-8,10-13,18,22-23,29H,9,14-17H2,1-3H3,(H,28,32)(H,30,33)/t22-,23-/m0/s1. The van der Waals surface area contributed by atoms with Gasteiger partial charge < -0.3 is 16.0 Å². The zero-order valence-corrected chi connectivity index (χ0v) is 20.5. The van der Waals surface area contributed by atoms with Crippen LogP contribution in [0.1, 0.15) is 53.0 Å². The van der Waals surface area contributed by atoms with E-state index < -0.39 is 12.1 Å². The van der Waals surface area contributed by atoms with Crippen LogP contribution in [-0.2, 0) is 16.0 Å². The van der Waals surface area contributed by atoms with E-state index in [0.717, 1.165) is 5.56 Å². The molecule has 0 radical (unpaired) electrons. The molecule has 2 aromatic carbocycles. The molecule has 2 atom stereocenters. The Morgan fingerprint density at radius 3 is 2.03 bits per heavy atom. The molecular weight excluding hydrogens is 444 g/mol. The third kappa shape index (κ3) is 6.76. The Balaban J connectivity index is 1.57. The van der Waals surface area contributed by atoms with Crippen molar-refractivity contribution in [2.45, 2.75) is 45.2 Å². The van der Waals surface area contributed by atoms with Crippen LogP contribution in [0.2, 0.25) is 0 Å². The lowest BCUT2D eigenvalue weighted by Crippen LogP contribution is -2.53. The molecule has 0 saturated carbocycles. The van der Waals surface area contributed by atoms with Crippen LogP contribution in [0.3, 0.4) is 0 Å². The summed E-state index contributed by atoms with van der Waals surface area (Å²) in [6, 6.07) is 15.2. The largest absolute Gasteiger partial charge is 0.357 e. The highest BCUT2D eigenvalue weighted by Gasteiger charge is 2.34. The van der Waals surface area contributed by atoms with Crippen molar-refractivity contribution in [2.75, 3.05) is 20.1 Å². The lowest BCUT2D eigenvalue weighted by atomic mass is 10.0. The van der Waals surface area contributed by atoms with Crippen LogP contribution in [0.4, 0.5) is 0 Å². The van der Waals surface area contributed by atoms with Crippen molar-refractivity contribution < 1.29 is 19.2 Å². The Bertz CT molecular complexity index is 1020. The lowest BCUT2D eigenvalue weighted by molar-refractivity contribution is -0.130. The Morgan fingerprint density at radius 2 is 1.46 bits per heavy atom. The van der Waals surface area contributed by atoms with Gasteiger partial charge in [-0.3, -0.25) is 24.1 Å². The number of amides is 4. The summed E-state index contributed by atoms with van der Waals surface area (Å²) < 4.78 is 0. The van der Waals surface area contributed by atoms with E-state index >= 15 is 0 Å². The predicted molar refractivity (Wildman–Crippen MR) is 134 cm³/mol. The first-order valence-electron chi connectivity index (χ1n) is 12.1. The Kier molecular flexibility index (Phi) is 9.14. The Labute approximate surface area is 206 Å². The van der Waals surface area contributed by atoms with Crippen molar-refractivity contribution in [3.8, 4) is 0 Å². The van der Waals surface area contributed by atoms with E-state index in [1.165, 1.54) is 4.90 Å². The number of nitrogens with one attached hydrogen (secondary N) is 3. The molecule has 1 aliphatic heterocycles. The zero-order valence-electron chi connectivity index (χ0n) is 20.5. The minimum absolute atomic E-state index is 0.246. The monoisotopic (exact) mass is 478 g/mol. The topological polar surface area (TPSA) is 108 Å². The number of fused-ring (bicyclic) bond motifs is 1. The zero-order chi connectivity index (χ0) is 25.4. The minimum Gasteiger partial charge on any atom is -0.357 e. The fourth-order valence-corrected chi connectivity index (χ4v) is 4.22. The molecule has 0 aliphatic carbocycles. The maximum Gasteiger partial charge on any atom is 0.261 e. The number of benzene rings is 2. The van der Waals surface area contributed by atoms with Gasteiger partial charge in [-0.25, -0.2) is 0 Å². The summed E-state index contributed by atoms with van der Waals surface area (Å²) >= 11 is 0. The number of hydrogen-bond acceptors (Lipinski definition) is 5. The first kappa shape index (κ1) is 26.1. The highest BCUT2D eigenvalue weighted by molar-refractivity contribution is 6.21. The summed E-state index contributed by atoms with van der Waals surface area (Å²) in [6.45, 7) is 4.77. The highest BCUT2D eigenvalue weighted by atomic mass is 16.2. The average Bonchev–Trinajstić information content (AvgIpc) is 3.10. The molecule has 4 amide bonds. The molecule has 2 aromatic rings. The number of likely N-dealkylation sites (N-methyl/N-ethyl adjacent to an activating group) is 1. The summed E-state index contributed by atoms with van der Waals surface area (Å²) in [5, 5.41) is 8.78. The van der Waals surface area contributed by atoms with Gasteiger partial charge in [0.25, 0.3) is 11.8 Å². The van der Waals surface area contributed by atoms with Gasteiger partial charge in [-0.1, -0.05) is 56.3 Å². The quantitative estimate of drug-likeness (QED) is 0.320. The van der Waals surface area contributed by atoms with Crippen LogP contribution < -0.4 is 16.0 Å². The van der Waals surface area contributed by atoms with Crippen LogP contribution in [0.25, 0.3) is 0 Å². The molecule has 0 aromatic heterocycles. The molecule has 3 N–H and O–H groups in total. The SMILES string of the molecule is CNC(=O)[C@H](Cc1ccccc1)NC(=O)[C@H](CC(C)C)NCCCN1C(=O)c2ccccc2C1=O. The number of nitrogens with zero attached hydrogens (tertiary/aromatic N) is 1. The molecule has 0 fully saturated rings. The summed E-state index contributed by atoms with van der Waals surface area (Å²) in [7, 11) is 1.55. The highest BCUT2D eigenvalue weighted by Crippen LogP contribution is 2.22. The van der Waals surface area contributed by atoms with E-state index in [1.54, 1.807) is 31.3 Å². The van der Waals surface area contributed by atoms with Gasteiger partial charge in [-0.2, -0.15) is 0 Å². The third-order valence-electron chi connectivity index (χ3n) is 6.01. The van der Waals surface area contributed by atoms with Gasteiger partial charge in [0.2, 0.25) is 11.8 Å². The number of hydrogen-bond donors (Lipinski definition) is 3. The van der Waals surface area contributed by atoms with E-state index in [0.29, 0.717) is 36.9 Å². The van der Waals surface area contributed by atoms with Crippen molar-refractivity contribution in [3.63, 3.8) is 0 Å². The van der Waals surface area contributed by atoms with Gasteiger partial charge in [-0.15, -0.1) is 0 Å². The smallest absolute Gasteiger partial charge is 0.261 e. The number of rotatable bonds is 12. The molecule has 186 valence electrons.